The average Bonchev–Trinajstić information content (AvgIpc) is 2.28. The van der Waals surface area contributed by atoms with Crippen LogP contribution in [0.25, 0.3) is 0 Å². The van der Waals surface area contributed by atoms with Crippen LogP contribution in [0.3, 0.4) is 0 Å². The van der Waals surface area contributed by atoms with E-state index in [4.69, 9.17) is 0 Å². The van der Waals surface area contributed by atoms with Crippen LogP contribution in [-0.2, 0) is 0 Å². The highest BCUT2D eigenvalue weighted by atomic mass is 79.9. The molecule has 0 radical (unpaired) electrons. The standard InChI is InChI=1S/C13H16Br2FNO/c1-8(2)5-10(14)7-17-13(18)9-3-4-11(15)12(16)6-9/h3-4,6,8,10H,5,7H2,1-2H3,(H,17,18). The van der Waals surface area contributed by atoms with Crippen molar-refractivity contribution in [2.24, 2.45) is 5.92 Å². The molecule has 0 saturated carbocycles. The molecule has 0 aliphatic carbocycles. The van der Waals surface area contributed by atoms with E-state index in [1.807, 2.05) is 0 Å². The number of halogens is 3. The molecule has 2 nitrogen and oxygen atoms in total. The first-order valence-corrected chi connectivity index (χ1v) is 7.48. The largest absolute Gasteiger partial charge is 0.351 e. The van der Waals surface area contributed by atoms with E-state index in [0.717, 1.165) is 6.42 Å². The molecule has 100 valence electrons. The van der Waals surface area contributed by atoms with Crippen molar-refractivity contribution in [1.82, 2.24) is 5.32 Å². The van der Waals surface area contributed by atoms with Crippen LogP contribution in [0.15, 0.2) is 22.7 Å². The Kier molecular flexibility index (Phi) is 6.29. The summed E-state index contributed by atoms with van der Waals surface area (Å²) in [6, 6.07) is 4.35. The number of benzene rings is 1. The lowest BCUT2D eigenvalue weighted by Gasteiger charge is -2.13. The number of amides is 1. The summed E-state index contributed by atoms with van der Waals surface area (Å²) in [5.41, 5.74) is 0.333. The third kappa shape index (κ3) is 5.06. The first-order chi connectivity index (χ1) is 8.40. The molecular weight excluding hydrogens is 365 g/mol. The van der Waals surface area contributed by atoms with Crippen LogP contribution in [-0.4, -0.2) is 17.3 Å². The van der Waals surface area contributed by atoms with Crippen molar-refractivity contribution in [2.45, 2.75) is 25.1 Å². The van der Waals surface area contributed by atoms with Crippen molar-refractivity contribution < 1.29 is 9.18 Å². The van der Waals surface area contributed by atoms with Gasteiger partial charge in [-0.15, -0.1) is 0 Å². The molecule has 1 rings (SSSR count). The molecule has 1 atom stereocenters. The molecule has 18 heavy (non-hydrogen) atoms. The number of alkyl halides is 1. The average molecular weight is 381 g/mol. The lowest BCUT2D eigenvalue weighted by molar-refractivity contribution is 0.0953. The van der Waals surface area contributed by atoms with Gasteiger partial charge in [0.15, 0.2) is 0 Å². The van der Waals surface area contributed by atoms with E-state index in [2.05, 4.69) is 51.0 Å². The van der Waals surface area contributed by atoms with E-state index >= 15 is 0 Å². The van der Waals surface area contributed by atoms with Crippen LogP contribution in [0, 0.1) is 11.7 Å². The smallest absolute Gasteiger partial charge is 0.251 e. The highest BCUT2D eigenvalue weighted by molar-refractivity contribution is 9.10. The number of rotatable bonds is 5. The van der Waals surface area contributed by atoms with E-state index < -0.39 is 5.82 Å². The third-order valence-corrected chi connectivity index (χ3v) is 3.73. The molecule has 0 aromatic heterocycles. The molecule has 0 saturated heterocycles. The van der Waals surface area contributed by atoms with E-state index in [-0.39, 0.29) is 10.7 Å². The van der Waals surface area contributed by atoms with Gasteiger partial charge in [0.25, 0.3) is 5.91 Å². The topological polar surface area (TPSA) is 29.1 Å². The Balaban J connectivity index is 2.52. The van der Waals surface area contributed by atoms with Crippen molar-refractivity contribution in [1.29, 1.82) is 0 Å². The van der Waals surface area contributed by atoms with E-state index in [1.165, 1.54) is 12.1 Å². The Labute approximate surface area is 124 Å². The van der Waals surface area contributed by atoms with E-state index in [1.54, 1.807) is 6.07 Å². The number of hydrogen-bond donors (Lipinski definition) is 1. The molecule has 1 unspecified atom stereocenters. The van der Waals surface area contributed by atoms with Gasteiger partial charge in [0.05, 0.1) is 4.47 Å². The van der Waals surface area contributed by atoms with Crippen LogP contribution >= 0.6 is 31.9 Å². The van der Waals surface area contributed by atoms with Crippen molar-refractivity contribution in [3.05, 3.63) is 34.1 Å². The molecule has 1 N–H and O–H groups in total. The zero-order valence-corrected chi connectivity index (χ0v) is 13.5. The summed E-state index contributed by atoms with van der Waals surface area (Å²) in [7, 11) is 0. The van der Waals surface area contributed by atoms with Gasteiger partial charge in [0.1, 0.15) is 5.82 Å². The molecule has 0 bridgehead atoms. The Morgan fingerprint density at radius 2 is 2.11 bits per heavy atom. The predicted octanol–water partition coefficient (Wildman–Crippen LogP) is 4.13. The fourth-order valence-corrected chi connectivity index (χ4v) is 2.69. The lowest BCUT2D eigenvalue weighted by Crippen LogP contribution is -2.30. The van der Waals surface area contributed by atoms with Crippen LogP contribution in [0.5, 0.6) is 0 Å². The van der Waals surface area contributed by atoms with Gasteiger partial charge >= 0.3 is 0 Å². The Hall–Kier alpha value is -0.420. The molecule has 0 heterocycles. The fraction of sp³-hybridized carbons (Fsp3) is 0.462. The summed E-state index contributed by atoms with van der Waals surface area (Å²) in [6.07, 6.45) is 0.981. The first-order valence-electron chi connectivity index (χ1n) is 5.77. The zero-order valence-electron chi connectivity index (χ0n) is 10.3. The summed E-state index contributed by atoms with van der Waals surface area (Å²) < 4.78 is 13.6. The quantitative estimate of drug-likeness (QED) is 0.764. The maximum absolute atomic E-state index is 13.3. The molecule has 0 aliphatic rings. The molecular formula is C13H16Br2FNO. The monoisotopic (exact) mass is 379 g/mol. The van der Waals surface area contributed by atoms with Gasteiger partial charge in [-0.25, -0.2) is 4.39 Å². The SMILES string of the molecule is CC(C)CC(Br)CNC(=O)c1ccc(Br)c(F)c1. The minimum Gasteiger partial charge on any atom is -0.351 e. The minimum absolute atomic E-state index is 0.238. The maximum Gasteiger partial charge on any atom is 0.251 e. The van der Waals surface area contributed by atoms with Crippen LogP contribution in [0.1, 0.15) is 30.6 Å². The molecule has 5 heteroatoms. The molecule has 1 aromatic rings. The highest BCUT2D eigenvalue weighted by Gasteiger charge is 2.11. The summed E-state index contributed by atoms with van der Waals surface area (Å²) in [6.45, 7) is 4.79. The Bertz CT molecular complexity index is 423. The fourth-order valence-electron chi connectivity index (χ4n) is 1.54. The molecule has 0 fully saturated rings. The van der Waals surface area contributed by atoms with Crippen molar-refractivity contribution in [3.8, 4) is 0 Å². The third-order valence-electron chi connectivity index (χ3n) is 2.39. The Morgan fingerprint density at radius 1 is 1.44 bits per heavy atom. The molecule has 1 aromatic carbocycles. The molecule has 1 amide bonds. The normalized spacial score (nSPS) is 12.6. The second-order valence-corrected chi connectivity index (χ2v) is 6.72. The van der Waals surface area contributed by atoms with Gasteiger partial charge in [-0.1, -0.05) is 29.8 Å². The highest BCUT2D eigenvalue weighted by Crippen LogP contribution is 2.16. The van der Waals surface area contributed by atoms with Crippen molar-refractivity contribution in [2.75, 3.05) is 6.54 Å². The summed E-state index contributed by atoms with van der Waals surface area (Å²) in [5.74, 6) is -0.119. The summed E-state index contributed by atoms with van der Waals surface area (Å²) in [4.78, 5) is 12.0. The van der Waals surface area contributed by atoms with Crippen LogP contribution < -0.4 is 5.32 Å². The van der Waals surface area contributed by atoms with Gasteiger partial charge in [-0.3, -0.25) is 4.79 Å². The van der Waals surface area contributed by atoms with Crippen molar-refractivity contribution in [3.63, 3.8) is 0 Å². The second kappa shape index (κ2) is 7.24. The first kappa shape index (κ1) is 15.6. The maximum atomic E-state index is 13.3. The molecule has 0 aliphatic heterocycles. The van der Waals surface area contributed by atoms with Crippen molar-refractivity contribution >= 4 is 37.8 Å². The van der Waals surface area contributed by atoms with Crippen LogP contribution in [0.4, 0.5) is 4.39 Å². The number of nitrogens with one attached hydrogen (secondary N) is 1. The predicted molar refractivity (Wildman–Crippen MR) is 78.6 cm³/mol. The summed E-state index contributed by atoms with van der Waals surface area (Å²) in [5, 5.41) is 2.78. The minimum atomic E-state index is -0.430. The van der Waals surface area contributed by atoms with Gasteiger partial charge < -0.3 is 5.32 Å². The second-order valence-electron chi connectivity index (χ2n) is 4.57. The lowest BCUT2D eigenvalue weighted by atomic mass is 10.1. The molecule has 0 spiro atoms. The zero-order chi connectivity index (χ0) is 13.7. The van der Waals surface area contributed by atoms with Gasteiger partial charge in [0.2, 0.25) is 0 Å². The Morgan fingerprint density at radius 3 is 2.67 bits per heavy atom. The van der Waals surface area contributed by atoms with E-state index in [9.17, 15) is 9.18 Å². The van der Waals surface area contributed by atoms with Gasteiger partial charge in [-0.05, 0) is 46.5 Å². The van der Waals surface area contributed by atoms with Gasteiger partial charge in [-0.2, -0.15) is 0 Å². The number of carbonyl (C=O) groups excluding carboxylic acids is 1. The summed E-state index contributed by atoms with van der Waals surface area (Å²) >= 11 is 6.56. The van der Waals surface area contributed by atoms with Gasteiger partial charge in [0, 0.05) is 16.9 Å². The number of carbonyl (C=O) groups is 1. The van der Waals surface area contributed by atoms with E-state index in [0.29, 0.717) is 22.5 Å². The van der Waals surface area contributed by atoms with Crippen LogP contribution in [0.2, 0.25) is 0 Å². The number of hydrogen-bond acceptors (Lipinski definition) is 1.